The summed E-state index contributed by atoms with van der Waals surface area (Å²) in [5.74, 6) is 0. The summed E-state index contributed by atoms with van der Waals surface area (Å²) < 4.78 is 0.840. The van der Waals surface area contributed by atoms with Gasteiger partial charge in [0.1, 0.15) is 11.2 Å². The van der Waals surface area contributed by atoms with Crippen LogP contribution in [0.2, 0.25) is 0 Å². The van der Waals surface area contributed by atoms with Crippen molar-refractivity contribution in [1.82, 2.24) is 0 Å². The smallest absolute Gasteiger partial charge is 0.450 e. The Kier molecular flexibility index (Phi) is 16.8. The van der Waals surface area contributed by atoms with Gasteiger partial charge >= 0.3 is 12.3 Å². The Morgan fingerprint density at radius 1 is 0.676 bits per heavy atom. The van der Waals surface area contributed by atoms with E-state index in [1.807, 2.05) is 0 Å². The molecule has 2 fully saturated rings. The molecule has 0 aromatic rings. The topological polar surface area (TPSA) is 174 Å². The Labute approximate surface area is 229 Å². The molecular formula is C22H42I2O10. The standard InChI is InChI=1S/2C10H19IO2.2CH2O3/c2*1-9(2,3)10(13-12)7-5-4-6-8(10)11;2*2-1(3)4/h2*8,12H,4-7H2,1-3H3;2*(H2,2,3,4). The Balaban J connectivity index is 0. The fraction of sp³-hybridized carbons (Fsp3) is 0.909. The van der Waals surface area contributed by atoms with Crippen LogP contribution in [0.5, 0.6) is 0 Å². The van der Waals surface area contributed by atoms with E-state index in [-0.39, 0.29) is 22.0 Å². The average Bonchev–Trinajstić information content (AvgIpc) is 2.67. The Morgan fingerprint density at radius 2 is 0.912 bits per heavy atom. The lowest BCUT2D eigenvalue weighted by atomic mass is 9.68. The Bertz CT molecular complexity index is 545. The number of halogens is 2. The van der Waals surface area contributed by atoms with Crippen LogP contribution in [0, 0.1) is 10.8 Å². The molecule has 34 heavy (non-hydrogen) atoms. The maximum Gasteiger partial charge on any atom is 0.503 e. The summed E-state index contributed by atoms with van der Waals surface area (Å²) in [4.78, 5) is 26.8. The molecule has 4 unspecified atom stereocenters. The molecule has 0 saturated heterocycles. The highest BCUT2D eigenvalue weighted by molar-refractivity contribution is 14.1. The zero-order valence-corrected chi connectivity index (χ0v) is 25.2. The van der Waals surface area contributed by atoms with Crippen molar-refractivity contribution in [2.24, 2.45) is 10.8 Å². The van der Waals surface area contributed by atoms with Crippen molar-refractivity contribution < 1.29 is 50.3 Å². The van der Waals surface area contributed by atoms with Gasteiger partial charge in [-0.15, -0.1) is 0 Å². The van der Waals surface area contributed by atoms with Gasteiger partial charge in [-0.2, -0.15) is 0 Å². The molecule has 6 N–H and O–H groups in total. The van der Waals surface area contributed by atoms with Crippen LogP contribution in [0.3, 0.4) is 0 Å². The molecule has 2 rings (SSSR count). The molecule has 10 nitrogen and oxygen atoms in total. The van der Waals surface area contributed by atoms with Crippen LogP contribution >= 0.6 is 45.2 Å². The lowest BCUT2D eigenvalue weighted by Crippen LogP contribution is -2.53. The third kappa shape index (κ3) is 11.3. The summed E-state index contributed by atoms with van der Waals surface area (Å²) in [5, 5.41) is 46.2. The van der Waals surface area contributed by atoms with Crippen LogP contribution in [0.1, 0.15) is 92.9 Å². The molecule has 0 heterocycles. The van der Waals surface area contributed by atoms with Gasteiger partial charge in [0.15, 0.2) is 0 Å². The van der Waals surface area contributed by atoms with E-state index in [1.165, 1.54) is 12.8 Å². The lowest BCUT2D eigenvalue weighted by Gasteiger charge is -2.47. The minimum Gasteiger partial charge on any atom is -0.450 e. The highest BCUT2D eigenvalue weighted by Crippen LogP contribution is 2.48. The second-order valence-electron chi connectivity index (χ2n) is 10.5. The fourth-order valence-corrected chi connectivity index (χ4v) is 7.97. The quantitative estimate of drug-likeness (QED) is 0.0718. The van der Waals surface area contributed by atoms with Gasteiger partial charge in [0.2, 0.25) is 0 Å². The highest BCUT2D eigenvalue weighted by Gasteiger charge is 2.51. The monoisotopic (exact) mass is 720 g/mol. The van der Waals surface area contributed by atoms with Gasteiger partial charge in [0, 0.05) is 7.85 Å². The highest BCUT2D eigenvalue weighted by atomic mass is 127. The van der Waals surface area contributed by atoms with Crippen molar-refractivity contribution in [3.63, 3.8) is 0 Å². The first-order chi connectivity index (χ1) is 15.3. The molecule has 0 aromatic carbocycles. The number of carbonyl (C=O) groups is 2. The molecule has 12 heteroatoms. The van der Waals surface area contributed by atoms with Crippen molar-refractivity contribution >= 4 is 57.5 Å². The van der Waals surface area contributed by atoms with Crippen molar-refractivity contribution in [1.29, 1.82) is 0 Å². The van der Waals surface area contributed by atoms with Gasteiger partial charge in [0.05, 0.1) is 0 Å². The second kappa shape index (κ2) is 15.8. The molecule has 0 bridgehead atoms. The minimum atomic E-state index is -1.83. The van der Waals surface area contributed by atoms with Crippen molar-refractivity contribution in [3.05, 3.63) is 0 Å². The number of alkyl halides is 2. The van der Waals surface area contributed by atoms with Gasteiger partial charge in [-0.25, -0.2) is 19.4 Å². The SMILES string of the molecule is CC(C)(C)C1(OO)CCCCC1I.CC(C)(C)C1(OO)CCCCC1I.O=C(O)O.O=C(O)O. The minimum absolute atomic E-state index is 0.00796. The lowest BCUT2D eigenvalue weighted by molar-refractivity contribution is -0.353. The third-order valence-electron chi connectivity index (χ3n) is 6.39. The van der Waals surface area contributed by atoms with E-state index in [2.05, 4.69) is 86.7 Å². The predicted molar refractivity (Wildman–Crippen MR) is 146 cm³/mol. The first kappa shape index (κ1) is 36.0. The Hall–Kier alpha value is -0.160. The molecule has 0 spiro atoms. The maximum absolute atomic E-state index is 9.14. The largest absolute Gasteiger partial charge is 0.503 e. The van der Waals surface area contributed by atoms with Gasteiger partial charge in [0.25, 0.3) is 0 Å². The van der Waals surface area contributed by atoms with Crippen molar-refractivity contribution in [2.45, 2.75) is 112 Å². The van der Waals surface area contributed by atoms with Crippen LogP contribution in [-0.4, -0.2) is 62.3 Å². The summed E-state index contributed by atoms with van der Waals surface area (Å²) in [6, 6.07) is 0. The van der Waals surface area contributed by atoms with Crippen LogP contribution in [0.15, 0.2) is 0 Å². The molecule has 0 aromatic heterocycles. The second-order valence-corrected chi connectivity index (χ2v) is 13.5. The summed E-state index contributed by atoms with van der Waals surface area (Å²) in [5.41, 5.74) is -0.667. The number of rotatable bonds is 2. The van der Waals surface area contributed by atoms with Crippen molar-refractivity contribution in [2.75, 3.05) is 0 Å². The van der Waals surface area contributed by atoms with Gasteiger partial charge in [-0.05, 0) is 36.5 Å². The predicted octanol–water partition coefficient (Wildman–Crippen LogP) is 7.72. The van der Waals surface area contributed by atoms with Crippen LogP contribution in [0.25, 0.3) is 0 Å². The molecule has 2 aliphatic carbocycles. The van der Waals surface area contributed by atoms with Crippen LogP contribution < -0.4 is 0 Å². The van der Waals surface area contributed by atoms with Gasteiger partial charge in [-0.3, -0.25) is 10.5 Å². The van der Waals surface area contributed by atoms with E-state index in [9.17, 15) is 0 Å². The van der Waals surface area contributed by atoms with E-state index in [1.54, 1.807) is 0 Å². The maximum atomic E-state index is 9.14. The molecular weight excluding hydrogens is 678 g/mol. The summed E-state index contributed by atoms with van der Waals surface area (Å²) in [6.45, 7) is 12.8. The summed E-state index contributed by atoms with van der Waals surface area (Å²) in [6.07, 6.45) is 5.43. The fourth-order valence-electron chi connectivity index (χ4n) is 4.37. The molecule has 0 aliphatic heterocycles. The molecule has 2 saturated carbocycles. The number of hydrogen-bond acceptors (Lipinski definition) is 6. The molecule has 2 aliphatic rings. The van der Waals surface area contributed by atoms with E-state index in [4.69, 9.17) is 50.3 Å². The summed E-state index contributed by atoms with van der Waals surface area (Å²) >= 11 is 4.82. The van der Waals surface area contributed by atoms with Crippen LogP contribution in [0.4, 0.5) is 9.59 Å². The molecule has 0 amide bonds. The Morgan fingerprint density at radius 3 is 1.03 bits per heavy atom. The third-order valence-corrected chi connectivity index (χ3v) is 9.65. The zero-order valence-electron chi connectivity index (χ0n) is 20.9. The first-order valence-corrected chi connectivity index (χ1v) is 13.6. The number of carboxylic acid groups (broad SMARTS) is 4. The average molecular weight is 720 g/mol. The van der Waals surface area contributed by atoms with E-state index >= 15 is 0 Å². The normalized spacial score (nSPS) is 29.1. The van der Waals surface area contributed by atoms with Gasteiger partial charge in [-0.1, -0.05) is 112 Å². The van der Waals surface area contributed by atoms with Crippen molar-refractivity contribution in [3.8, 4) is 0 Å². The zero-order chi connectivity index (χ0) is 27.4. The van der Waals surface area contributed by atoms with Crippen LogP contribution in [-0.2, 0) is 9.78 Å². The van der Waals surface area contributed by atoms with E-state index < -0.39 is 12.3 Å². The molecule has 204 valence electrons. The van der Waals surface area contributed by atoms with Gasteiger partial charge < -0.3 is 20.4 Å². The summed E-state index contributed by atoms with van der Waals surface area (Å²) in [7, 11) is 0. The first-order valence-electron chi connectivity index (χ1n) is 11.1. The number of hydrogen-bond donors (Lipinski definition) is 6. The van der Waals surface area contributed by atoms with E-state index in [0.717, 1.165) is 38.5 Å². The molecule has 0 radical (unpaired) electrons. The molecule has 4 atom stereocenters. The van der Waals surface area contributed by atoms with E-state index in [0.29, 0.717) is 7.85 Å².